The second kappa shape index (κ2) is 17.4. The number of likely N-dealkylation sites (N-methyl/N-ethyl adjacent to an activating group) is 1. The normalized spacial score (nSPS) is 14.6. The lowest BCUT2D eigenvalue weighted by molar-refractivity contribution is 0.415. The Hall–Kier alpha value is -6.05. The van der Waals surface area contributed by atoms with Crippen LogP contribution in [0.1, 0.15) is 36.1 Å². The molecule has 0 amide bonds. The number of rotatable bonds is 7. The van der Waals surface area contributed by atoms with Gasteiger partial charge in [0.25, 0.3) is 20.2 Å². The quantitative estimate of drug-likeness (QED) is 0.150. The molecule has 1 atom stereocenters. The van der Waals surface area contributed by atoms with Crippen molar-refractivity contribution < 1.29 is 30.7 Å². The summed E-state index contributed by atoms with van der Waals surface area (Å²) in [4.78, 5) is 6.86. The van der Waals surface area contributed by atoms with Gasteiger partial charge in [0.15, 0.2) is 0 Å². The van der Waals surface area contributed by atoms with Crippen LogP contribution in [0.2, 0.25) is 0 Å². The molecule has 8 rings (SSSR count). The van der Waals surface area contributed by atoms with E-state index < -0.39 is 20.2 Å². The molecular formula is C47H47N3O7S2. The number of aryl methyl sites for hydroxylation is 2. The van der Waals surface area contributed by atoms with Gasteiger partial charge < -0.3 is 14.2 Å². The lowest BCUT2D eigenvalue weighted by Gasteiger charge is -2.29. The Balaban J connectivity index is 0.000000216. The van der Waals surface area contributed by atoms with Gasteiger partial charge in [0, 0.05) is 40.9 Å². The van der Waals surface area contributed by atoms with E-state index in [1.807, 2.05) is 38.2 Å². The van der Waals surface area contributed by atoms with Crippen LogP contribution in [-0.2, 0) is 25.7 Å². The van der Waals surface area contributed by atoms with Crippen molar-refractivity contribution in [2.24, 2.45) is 0 Å². The van der Waals surface area contributed by atoms with Crippen molar-refractivity contribution in [1.29, 1.82) is 0 Å². The van der Waals surface area contributed by atoms with E-state index in [1.165, 1.54) is 52.0 Å². The van der Waals surface area contributed by atoms with Gasteiger partial charge in [-0.15, -0.1) is 0 Å². The lowest BCUT2D eigenvalue weighted by atomic mass is 9.80. The number of aromatic nitrogens is 2. The van der Waals surface area contributed by atoms with Crippen LogP contribution >= 0.6 is 0 Å². The zero-order valence-corrected chi connectivity index (χ0v) is 35.3. The molecule has 10 nitrogen and oxygen atoms in total. The van der Waals surface area contributed by atoms with E-state index in [1.54, 1.807) is 31.4 Å². The molecule has 0 bridgehead atoms. The van der Waals surface area contributed by atoms with Crippen LogP contribution in [0.5, 0.6) is 5.75 Å². The van der Waals surface area contributed by atoms with Crippen molar-refractivity contribution in [3.05, 3.63) is 174 Å². The Kier molecular flexibility index (Phi) is 12.6. The van der Waals surface area contributed by atoms with Crippen LogP contribution in [0.15, 0.2) is 162 Å². The van der Waals surface area contributed by atoms with Gasteiger partial charge in [0.05, 0.1) is 34.2 Å². The van der Waals surface area contributed by atoms with Gasteiger partial charge in [0.1, 0.15) is 11.6 Å². The second-order valence-corrected chi connectivity index (χ2v) is 17.6. The SMILES string of the molecule is COc1ccc(-c2c(C=CC3N(C)c4ncccc4C3(C)C)c3ccccc3n2-c2ccccc2)cc1.Cc1ccc(S(=O)(=O)O)cc1.Cc1ccc(S(=O)(=O)O)cc1. The highest BCUT2D eigenvalue weighted by Crippen LogP contribution is 2.44. The highest BCUT2D eigenvalue weighted by atomic mass is 32.2. The zero-order valence-electron chi connectivity index (χ0n) is 33.7. The third kappa shape index (κ3) is 9.48. The highest BCUT2D eigenvalue weighted by molar-refractivity contribution is 7.86. The summed E-state index contributed by atoms with van der Waals surface area (Å²) in [5, 5.41) is 1.22. The summed E-state index contributed by atoms with van der Waals surface area (Å²) < 4.78 is 66.9. The summed E-state index contributed by atoms with van der Waals surface area (Å²) >= 11 is 0. The van der Waals surface area contributed by atoms with Gasteiger partial charge >= 0.3 is 0 Å². The number of pyridine rings is 1. The first kappa shape index (κ1) is 42.6. The molecule has 0 aliphatic carbocycles. The summed E-state index contributed by atoms with van der Waals surface area (Å²) in [6.45, 7) is 8.30. The summed E-state index contributed by atoms with van der Waals surface area (Å²) in [6.07, 6.45) is 6.55. The predicted octanol–water partition coefficient (Wildman–Crippen LogP) is 9.99. The molecule has 1 aliphatic heterocycles. The van der Waals surface area contributed by atoms with Crippen LogP contribution in [0, 0.1) is 13.8 Å². The molecule has 2 N–H and O–H groups in total. The van der Waals surface area contributed by atoms with E-state index in [0.717, 1.165) is 33.9 Å². The van der Waals surface area contributed by atoms with E-state index in [-0.39, 0.29) is 21.2 Å². The summed E-state index contributed by atoms with van der Waals surface area (Å²) in [6, 6.07) is 44.0. The van der Waals surface area contributed by atoms with Crippen molar-refractivity contribution in [1.82, 2.24) is 9.55 Å². The topological polar surface area (TPSA) is 139 Å². The van der Waals surface area contributed by atoms with Crippen LogP contribution in [-0.4, -0.2) is 55.7 Å². The van der Waals surface area contributed by atoms with E-state index in [9.17, 15) is 16.8 Å². The van der Waals surface area contributed by atoms with Gasteiger partial charge in [-0.25, -0.2) is 4.98 Å². The number of ether oxygens (including phenoxy) is 1. The highest BCUT2D eigenvalue weighted by Gasteiger charge is 2.42. The Morgan fingerprint density at radius 3 is 1.76 bits per heavy atom. The zero-order chi connectivity index (χ0) is 42.5. The van der Waals surface area contributed by atoms with E-state index in [0.29, 0.717) is 0 Å². The number of fused-ring (bicyclic) bond motifs is 2. The van der Waals surface area contributed by atoms with Gasteiger partial charge in [-0.3, -0.25) is 9.11 Å². The standard InChI is InChI=1S/C33H31N3O.2C7H8O3S/c1-33(2)28-14-10-22-34-32(28)35(3)30(33)21-20-27-26-13-8-9-15-29(26)36(24-11-6-5-7-12-24)31(27)23-16-18-25(37-4)19-17-23;2*1-6-2-4-7(5-3-6)11(8,9)10/h5-22,30H,1-4H3;2*2-5H,1H3,(H,8,9,10). The average Bonchev–Trinajstić information content (AvgIpc) is 3.64. The fourth-order valence-electron chi connectivity index (χ4n) is 7.25. The number of nitrogens with zero attached hydrogens (tertiary/aromatic N) is 3. The van der Waals surface area contributed by atoms with Gasteiger partial charge in [-0.1, -0.05) is 104 Å². The number of hydrogen-bond acceptors (Lipinski definition) is 7. The molecule has 1 aliphatic rings. The van der Waals surface area contributed by atoms with Gasteiger partial charge in [-0.05, 0) is 92.2 Å². The van der Waals surface area contributed by atoms with Gasteiger partial charge in [-0.2, -0.15) is 16.8 Å². The molecule has 0 saturated heterocycles. The minimum absolute atomic E-state index is 0.0626. The monoisotopic (exact) mass is 829 g/mol. The Bertz CT molecular complexity index is 2730. The average molecular weight is 830 g/mol. The summed E-state index contributed by atoms with van der Waals surface area (Å²) in [5.41, 5.74) is 8.97. The largest absolute Gasteiger partial charge is 0.497 e. The fraction of sp³-hybridized carbons (Fsp3) is 0.170. The number of hydrogen-bond donors (Lipinski definition) is 2. The minimum Gasteiger partial charge on any atom is -0.497 e. The number of methoxy groups -OCH3 is 1. The summed E-state index contributed by atoms with van der Waals surface area (Å²) in [7, 11) is -4.19. The molecule has 0 radical (unpaired) electrons. The molecular weight excluding hydrogens is 783 g/mol. The molecule has 304 valence electrons. The van der Waals surface area contributed by atoms with E-state index in [2.05, 4.69) is 115 Å². The van der Waals surface area contributed by atoms with Crippen LogP contribution in [0.3, 0.4) is 0 Å². The van der Waals surface area contributed by atoms with Crippen molar-refractivity contribution in [2.75, 3.05) is 19.1 Å². The van der Waals surface area contributed by atoms with Crippen LogP contribution < -0.4 is 9.64 Å². The van der Waals surface area contributed by atoms with E-state index in [4.69, 9.17) is 18.8 Å². The molecule has 5 aromatic carbocycles. The third-order valence-electron chi connectivity index (χ3n) is 10.3. The number of para-hydroxylation sites is 2. The first-order chi connectivity index (χ1) is 28.0. The maximum Gasteiger partial charge on any atom is 0.294 e. The van der Waals surface area contributed by atoms with Crippen molar-refractivity contribution in [3.8, 4) is 22.7 Å². The molecule has 2 aromatic heterocycles. The maximum absolute atomic E-state index is 10.5. The first-order valence-electron chi connectivity index (χ1n) is 18.8. The number of benzene rings is 5. The van der Waals surface area contributed by atoms with Crippen molar-refractivity contribution in [2.45, 2.75) is 48.9 Å². The maximum atomic E-state index is 10.5. The number of anilines is 1. The molecule has 3 heterocycles. The minimum atomic E-state index is -4.02. The smallest absolute Gasteiger partial charge is 0.294 e. The Labute approximate surface area is 346 Å². The molecule has 0 fully saturated rings. The molecule has 12 heteroatoms. The Morgan fingerprint density at radius 2 is 1.24 bits per heavy atom. The third-order valence-corrected chi connectivity index (χ3v) is 12.1. The predicted molar refractivity (Wildman–Crippen MR) is 236 cm³/mol. The van der Waals surface area contributed by atoms with Crippen LogP contribution in [0.4, 0.5) is 5.82 Å². The lowest BCUT2D eigenvalue weighted by Crippen LogP contribution is -2.37. The van der Waals surface area contributed by atoms with Crippen molar-refractivity contribution in [3.63, 3.8) is 0 Å². The summed E-state index contributed by atoms with van der Waals surface area (Å²) in [5.74, 6) is 1.91. The fourth-order valence-corrected chi connectivity index (χ4v) is 8.21. The molecule has 7 aromatic rings. The second-order valence-electron chi connectivity index (χ2n) is 14.8. The Morgan fingerprint density at radius 1 is 0.695 bits per heavy atom. The van der Waals surface area contributed by atoms with Crippen molar-refractivity contribution >= 4 is 43.0 Å². The molecule has 59 heavy (non-hydrogen) atoms. The first-order valence-corrected chi connectivity index (χ1v) is 21.7. The van der Waals surface area contributed by atoms with Gasteiger partial charge in [0.2, 0.25) is 0 Å². The molecule has 0 spiro atoms. The molecule has 1 unspecified atom stereocenters. The van der Waals surface area contributed by atoms with E-state index >= 15 is 0 Å². The molecule has 0 saturated carbocycles. The van der Waals surface area contributed by atoms with Crippen LogP contribution in [0.25, 0.3) is 33.9 Å².